The van der Waals surface area contributed by atoms with E-state index < -0.39 is 17.7 Å². The zero-order valence-corrected chi connectivity index (χ0v) is 24.7. The molecule has 2 aromatic heterocycles. The summed E-state index contributed by atoms with van der Waals surface area (Å²) in [6.07, 6.45) is 4.91. The Hall–Kier alpha value is -4.28. The Morgan fingerprint density at radius 1 is 1.07 bits per heavy atom. The van der Waals surface area contributed by atoms with Crippen LogP contribution in [0.1, 0.15) is 42.5 Å². The molecule has 0 amide bonds. The number of aromatic nitrogens is 2. The standard InChI is InChI=1S/C32H34N2O10/c1-4-9-39-10-11-40-12-13-41-14-15-42-31(37)44-20-7-8-26-22(16-20)21(5-2)23-18-34-27(28(23)33-26)17-25-24(29(34)35)19-43-30(36)32(25,38)6-3/h1,7-8,16-17,38H,5-6,9-15,18-19H2,2-3H3/t32-/m0/s1. The second-order valence-electron chi connectivity index (χ2n) is 10.2. The summed E-state index contributed by atoms with van der Waals surface area (Å²) in [5.74, 6) is 1.89. The Morgan fingerprint density at radius 3 is 2.50 bits per heavy atom. The van der Waals surface area contributed by atoms with Crippen molar-refractivity contribution in [3.8, 4) is 29.5 Å². The maximum atomic E-state index is 13.5. The van der Waals surface area contributed by atoms with Crippen LogP contribution in [0.2, 0.25) is 0 Å². The number of esters is 1. The molecular weight excluding hydrogens is 572 g/mol. The highest BCUT2D eigenvalue weighted by Gasteiger charge is 2.45. The lowest BCUT2D eigenvalue weighted by Gasteiger charge is -2.31. The van der Waals surface area contributed by atoms with Gasteiger partial charge in [0.2, 0.25) is 0 Å². The van der Waals surface area contributed by atoms with E-state index in [9.17, 15) is 19.5 Å². The lowest BCUT2D eigenvalue weighted by atomic mass is 9.86. The molecule has 44 heavy (non-hydrogen) atoms. The minimum absolute atomic E-state index is 0.00769. The minimum Gasteiger partial charge on any atom is -0.458 e. The van der Waals surface area contributed by atoms with Gasteiger partial charge in [-0.15, -0.1) is 6.42 Å². The molecule has 12 nitrogen and oxygen atoms in total. The van der Waals surface area contributed by atoms with Crippen molar-refractivity contribution in [2.45, 2.75) is 45.4 Å². The van der Waals surface area contributed by atoms with Crippen LogP contribution < -0.4 is 10.3 Å². The molecule has 12 heteroatoms. The number of ether oxygens (including phenoxy) is 6. The van der Waals surface area contributed by atoms with Gasteiger partial charge < -0.3 is 38.1 Å². The van der Waals surface area contributed by atoms with Gasteiger partial charge >= 0.3 is 12.1 Å². The molecule has 0 saturated heterocycles. The predicted octanol–water partition coefficient (Wildman–Crippen LogP) is 2.84. The number of carbonyl (C=O) groups excluding carboxylic acids is 2. The second kappa shape index (κ2) is 13.6. The van der Waals surface area contributed by atoms with Crippen LogP contribution in [-0.2, 0) is 53.7 Å². The molecule has 5 rings (SSSR count). The lowest BCUT2D eigenvalue weighted by Crippen LogP contribution is -2.44. The molecule has 1 N–H and O–H groups in total. The summed E-state index contributed by atoms with van der Waals surface area (Å²) in [6, 6.07) is 6.76. The van der Waals surface area contributed by atoms with E-state index in [1.54, 1.807) is 35.8 Å². The third kappa shape index (κ3) is 6.05. The van der Waals surface area contributed by atoms with Gasteiger partial charge in [-0.3, -0.25) is 4.79 Å². The molecule has 0 spiro atoms. The fourth-order valence-electron chi connectivity index (χ4n) is 5.49. The average Bonchev–Trinajstić information content (AvgIpc) is 3.39. The van der Waals surface area contributed by atoms with Crippen molar-refractivity contribution < 1.29 is 43.1 Å². The summed E-state index contributed by atoms with van der Waals surface area (Å²) in [7, 11) is 0. The van der Waals surface area contributed by atoms with Crippen LogP contribution in [0.25, 0.3) is 22.3 Å². The molecule has 1 aromatic carbocycles. The number of aryl methyl sites for hydroxylation is 1. The monoisotopic (exact) mass is 606 g/mol. The molecule has 0 unspecified atom stereocenters. The van der Waals surface area contributed by atoms with E-state index in [2.05, 4.69) is 5.92 Å². The molecule has 0 aliphatic carbocycles. The van der Waals surface area contributed by atoms with Crippen LogP contribution in [0.15, 0.2) is 29.1 Å². The second-order valence-corrected chi connectivity index (χ2v) is 10.2. The lowest BCUT2D eigenvalue weighted by molar-refractivity contribution is -0.172. The van der Waals surface area contributed by atoms with Gasteiger partial charge in [0.05, 0.1) is 62.0 Å². The van der Waals surface area contributed by atoms with Crippen molar-refractivity contribution in [2.24, 2.45) is 0 Å². The van der Waals surface area contributed by atoms with Crippen molar-refractivity contribution in [3.05, 3.63) is 56.9 Å². The number of cyclic esters (lactones) is 1. The highest BCUT2D eigenvalue weighted by molar-refractivity contribution is 5.90. The molecule has 0 fully saturated rings. The van der Waals surface area contributed by atoms with E-state index in [0.29, 0.717) is 49.8 Å². The number of fused-ring (bicyclic) bond motifs is 5. The molecule has 3 aromatic rings. The molecule has 2 aliphatic heterocycles. The molecule has 0 radical (unpaired) electrons. The SMILES string of the molecule is C#CCOCCOCCOCCOC(=O)Oc1ccc2nc3c(c(CC)c2c1)Cn1c-3cc2c(c1=O)COC(=O)[C@]2(O)CC. The van der Waals surface area contributed by atoms with E-state index in [1.165, 1.54) is 0 Å². The Morgan fingerprint density at radius 2 is 1.80 bits per heavy atom. The Labute approximate surface area is 253 Å². The van der Waals surface area contributed by atoms with Crippen LogP contribution in [-0.4, -0.2) is 73.0 Å². The number of terminal acetylenes is 1. The fourth-order valence-corrected chi connectivity index (χ4v) is 5.49. The zero-order valence-electron chi connectivity index (χ0n) is 24.7. The summed E-state index contributed by atoms with van der Waals surface area (Å²) < 4.78 is 33.1. The molecule has 4 heterocycles. The maximum Gasteiger partial charge on any atom is 0.513 e. The molecule has 232 valence electrons. The van der Waals surface area contributed by atoms with Gasteiger partial charge in [0.1, 0.15) is 25.6 Å². The summed E-state index contributed by atoms with van der Waals surface area (Å²) in [5.41, 5.74) is 1.91. The van der Waals surface area contributed by atoms with Crippen molar-refractivity contribution >= 4 is 23.0 Å². The van der Waals surface area contributed by atoms with E-state index in [4.69, 9.17) is 39.8 Å². The fraction of sp³-hybridized carbons (Fsp3) is 0.438. The van der Waals surface area contributed by atoms with Crippen LogP contribution >= 0.6 is 0 Å². The smallest absolute Gasteiger partial charge is 0.458 e. The first-order valence-electron chi connectivity index (χ1n) is 14.5. The van der Waals surface area contributed by atoms with Crippen LogP contribution in [0.3, 0.4) is 0 Å². The topological polar surface area (TPSA) is 145 Å². The first-order valence-corrected chi connectivity index (χ1v) is 14.5. The number of benzene rings is 1. The van der Waals surface area contributed by atoms with Crippen LogP contribution in [0.4, 0.5) is 4.79 Å². The quantitative estimate of drug-likeness (QED) is 0.104. The van der Waals surface area contributed by atoms with Crippen molar-refractivity contribution in [3.63, 3.8) is 0 Å². The molecule has 2 aliphatic rings. The number of nitrogens with zero attached hydrogens (tertiary/aromatic N) is 2. The van der Waals surface area contributed by atoms with Gasteiger partial charge in [0.15, 0.2) is 5.60 Å². The average molecular weight is 607 g/mol. The van der Waals surface area contributed by atoms with Gasteiger partial charge in [-0.25, -0.2) is 14.6 Å². The summed E-state index contributed by atoms with van der Waals surface area (Å²) in [5, 5.41) is 11.9. The third-order valence-electron chi connectivity index (χ3n) is 7.71. The summed E-state index contributed by atoms with van der Waals surface area (Å²) >= 11 is 0. The Kier molecular flexibility index (Phi) is 9.61. The van der Waals surface area contributed by atoms with E-state index in [-0.39, 0.29) is 61.8 Å². The van der Waals surface area contributed by atoms with E-state index in [1.807, 2.05) is 6.92 Å². The zero-order chi connectivity index (χ0) is 31.3. The maximum absolute atomic E-state index is 13.5. The van der Waals surface area contributed by atoms with E-state index in [0.717, 1.165) is 16.5 Å². The van der Waals surface area contributed by atoms with Gasteiger partial charge in [-0.05, 0) is 42.7 Å². The van der Waals surface area contributed by atoms with Crippen LogP contribution in [0, 0.1) is 12.3 Å². The first-order chi connectivity index (χ1) is 21.3. The minimum atomic E-state index is -1.89. The largest absolute Gasteiger partial charge is 0.513 e. The summed E-state index contributed by atoms with van der Waals surface area (Å²) in [6.45, 7) is 5.70. The van der Waals surface area contributed by atoms with Crippen molar-refractivity contribution in [2.75, 3.05) is 46.2 Å². The molecular formula is C32H34N2O10. The molecule has 1 atom stereocenters. The first kappa shape index (κ1) is 31.2. The molecule has 0 saturated carbocycles. The highest BCUT2D eigenvalue weighted by Crippen LogP contribution is 2.40. The summed E-state index contributed by atoms with van der Waals surface area (Å²) in [4.78, 5) is 43.1. The van der Waals surface area contributed by atoms with Gasteiger partial charge in [-0.2, -0.15) is 0 Å². The number of rotatable bonds is 13. The van der Waals surface area contributed by atoms with Crippen molar-refractivity contribution in [1.29, 1.82) is 0 Å². The number of carbonyl (C=O) groups is 2. The molecule has 0 bridgehead atoms. The number of hydrogen-bond donors (Lipinski definition) is 1. The highest BCUT2D eigenvalue weighted by atomic mass is 16.7. The number of aliphatic hydroxyl groups is 1. The normalized spacial score (nSPS) is 16.5. The van der Waals surface area contributed by atoms with Gasteiger partial charge in [0, 0.05) is 16.5 Å². The Bertz CT molecular complexity index is 1670. The van der Waals surface area contributed by atoms with Crippen molar-refractivity contribution in [1.82, 2.24) is 9.55 Å². The third-order valence-corrected chi connectivity index (χ3v) is 7.71. The number of pyridine rings is 2. The van der Waals surface area contributed by atoms with Gasteiger partial charge in [0.25, 0.3) is 5.56 Å². The van der Waals surface area contributed by atoms with Crippen LogP contribution in [0.5, 0.6) is 5.75 Å². The predicted molar refractivity (Wildman–Crippen MR) is 157 cm³/mol. The Balaban J connectivity index is 1.26. The van der Waals surface area contributed by atoms with E-state index >= 15 is 0 Å². The van der Waals surface area contributed by atoms with Gasteiger partial charge in [-0.1, -0.05) is 19.8 Å². The number of hydrogen-bond acceptors (Lipinski definition) is 11.